The molecular weight excluding hydrogens is 435 g/mol. The smallest absolute Gasteiger partial charge is 0.229 e. The Kier molecular flexibility index (Phi) is 6.53. The molecule has 32 heavy (non-hydrogen) atoms. The van der Waals surface area contributed by atoms with Gasteiger partial charge in [-0.2, -0.15) is 0 Å². The van der Waals surface area contributed by atoms with E-state index in [1.54, 1.807) is 38.4 Å². The van der Waals surface area contributed by atoms with Gasteiger partial charge in [0, 0.05) is 31.1 Å². The fourth-order valence-corrected chi connectivity index (χ4v) is 4.24. The molecule has 2 heterocycles. The lowest BCUT2D eigenvalue weighted by molar-refractivity contribution is -0.118. The molecule has 0 spiro atoms. The average Bonchev–Trinajstić information content (AvgIpc) is 3.51. The van der Waals surface area contributed by atoms with Gasteiger partial charge in [0.2, 0.25) is 5.91 Å². The molecule has 9 heteroatoms. The number of halogens is 2. The summed E-state index contributed by atoms with van der Waals surface area (Å²) in [6.07, 6.45) is 8.98. The number of carbonyl (C=O) groups excluding carboxylic acids is 1. The standard InChI is InChI=1S/C23H24ClFN4O3/c1-14-26-11-20(19(28-14)12-31-2)32-13-23(15-4-3-5-17(25)8-15)9-18(23)22(30)29-21-7-6-16(24)10-27-21/h3-7,10-11,15,18H,8-9,12-13H2,1-2H3,(H,27,29,30)/t15?,18-,23+/m0/s1. The van der Waals surface area contributed by atoms with Crippen molar-refractivity contribution in [1.82, 2.24) is 15.0 Å². The number of hydrogen-bond acceptors (Lipinski definition) is 6. The molecule has 2 aliphatic carbocycles. The molecule has 7 nitrogen and oxygen atoms in total. The number of ether oxygens (including phenoxy) is 2. The lowest BCUT2D eigenvalue weighted by atomic mass is 9.82. The topological polar surface area (TPSA) is 86.2 Å². The molecule has 0 saturated heterocycles. The van der Waals surface area contributed by atoms with Crippen LogP contribution in [-0.2, 0) is 16.1 Å². The second kappa shape index (κ2) is 9.34. The van der Waals surface area contributed by atoms with Crippen LogP contribution in [0.2, 0.25) is 5.02 Å². The van der Waals surface area contributed by atoms with Gasteiger partial charge < -0.3 is 14.8 Å². The van der Waals surface area contributed by atoms with Crippen LogP contribution >= 0.6 is 11.6 Å². The number of hydrogen-bond donors (Lipinski definition) is 1. The van der Waals surface area contributed by atoms with E-state index in [1.807, 2.05) is 6.08 Å². The van der Waals surface area contributed by atoms with E-state index in [9.17, 15) is 9.18 Å². The molecule has 168 valence electrons. The molecule has 4 rings (SSSR count). The summed E-state index contributed by atoms with van der Waals surface area (Å²) in [4.78, 5) is 25.7. The Labute approximate surface area is 190 Å². The molecule has 2 aromatic rings. The van der Waals surface area contributed by atoms with Crippen LogP contribution in [0, 0.1) is 24.2 Å². The molecule has 0 aliphatic heterocycles. The quantitative estimate of drug-likeness (QED) is 0.629. The Bertz CT molecular complexity index is 1060. The Morgan fingerprint density at radius 3 is 2.91 bits per heavy atom. The SMILES string of the molecule is COCc1nc(C)ncc1OC[C@@]1(C2C=CC=C(F)C2)C[C@H]1C(=O)Nc1ccc(Cl)cn1. The molecular formula is C23H24ClFN4O3. The predicted octanol–water partition coefficient (Wildman–Crippen LogP) is 4.43. The first-order valence-corrected chi connectivity index (χ1v) is 10.7. The van der Waals surface area contributed by atoms with E-state index in [-0.39, 0.29) is 43.2 Å². The van der Waals surface area contributed by atoms with Crippen molar-refractivity contribution in [2.45, 2.75) is 26.4 Å². The lowest BCUT2D eigenvalue weighted by Gasteiger charge is -2.27. The van der Waals surface area contributed by atoms with E-state index in [1.165, 1.54) is 12.3 Å². The van der Waals surface area contributed by atoms with Gasteiger partial charge in [-0.05, 0) is 37.5 Å². The molecule has 0 radical (unpaired) electrons. The number of nitrogens with zero attached hydrogens (tertiary/aromatic N) is 3. The molecule has 0 bridgehead atoms. The minimum absolute atomic E-state index is 0.168. The zero-order valence-electron chi connectivity index (χ0n) is 17.8. The van der Waals surface area contributed by atoms with Crippen molar-refractivity contribution < 1.29 is 18.7 Å². The third kappa shape index (κ3) is 4.81. The number of nitrogens with one attached hydrogen (secondary N) is 1. The Morgan fingerprint density at radius 1 is 1.34 bits per heavy atom. The minimum Gasteiger partial charge on any atom is -0.489 e. The minimum atomic E-state index is -0.548. The van der Waals surface area contributed by atoms with Crippen LogP contribution in [0.5, 0.6) is 5.75 Å². The predicted molar refractivity (Wildman–Crippen MR) is 118 cm³/mol. The number of rotatable bonds is 8. The van der Waals surface area contributed by atoms with Crippen LogP contribution < -0.4 is 10.1 Å². The van der Waals surface area contributed by atoms with Gasteiger partial charge in [0.25, 0.3) is 0 Å². The van der Waals surface area contributed by atoms with Gasteiger partial charge in [-0.3, -0.25) is 4.79 Å². The van der Waals surface area contributed by atoms with Crippen LogP contribution in [0.4, 0.5) is 10.2 Å². The summed E-state index contributed by atoms with van der Waals surface area (Å²) < 4.78 is 25.4. The highest BCUT2D eigenvalue weighted by molar-refractivity contribution is 6.30. The Balaban J connectivity index is 1.53. The van der Waals surface area contributed by atoms with E-state index in [4.69, 9.17) is 21.1 Å². The summed E-state index contributed by atoms with van der Waals surface area (Å²) >= 11 is 5.87. The largest absolute Gasteiger partial charge is 0.489 e. The van der Waals surface area contributed by atoms with Gasteiger partial charge >= 0.3 is 0 Å². The van der Waals surface area contributed by atoms with E-state index in [2.05, 4.69) is 20.3 Å². The summed E-state index contributed by atoms with van der Waals surface area (Å²) in [5, 5.41) is 3.32. The molecule has 1 fully saturated rings. The van der Waals surface area contributed by atoms with Crippen molar-refractivity contribution >= 4 is 23.3 Å². The van der Waals surface area contributed by atoms with Crippen LogP contribution in [0.15, 0.2) is 48.6 Å². The maximum Gasteiger partial charge on any atom is 0.229 e. The highest BCUT2D eigenvalue weighted by Crippen LogP contribution is 2.60. The van der Waals surface area contributed by atoms with E-state index < -0.39 is 5.41 Å². The summed E-state index contributed by atoms with van der Waals surface area (Å²) in [5.41, 5.74) is 0.0841. The van der Waals surface area contributed by atoms with Crippen molar-refractivity contribution in [3.63, 3.8) is 0 Å². The Morgan fingerprint density at radius 2 is 2.19 bits per heavy atom. The molecule has 1 unspecified atom stereocenters. The Hall–Kier alpha value is -2.84. The number of methoxy groups -OCH3 is 1. The highest BCUT2D eigenvalue weighted by Gasteiger charge is 2.62. The fraction of sp³-hybridized carbons (Fsp3) is 0.391. The van der Waals surface area contributed by atoms with Gasteiger partial charge in [-0.25, -0.2) is 19.3 Å². The number of allylic oxidation sites excluding steroid dienone is 4. The van der Waals surface area contributed by atoms with E-state index in [0.717, 1.165) is 0 Å². The van der Waals surface area contributed by atoms with Gasteiger partial charge in [-0.15, -0.1) is 0 Å². The van der Waals surface area contributed by atoms with Gasteiger partial charge in [-0.1, -0.05) is 23.8 Å². The average molecular weight is 459 g/mol. The number of amides is 1. The van der Waals surface area contributed by atoms with Gasteiger partial charge in [0.15, 0.2) is 5.75 Å². The molecule has 2 aromatic heterocycles. The first kappa shape index (κ1) is 22.4. The maximum atomic E-state index is 14.1. The summed E-state index contributed by atoms with van der Waals surface area (Å²) in [5.74, 6) is 0.626. The van der Waals surface area contributed by atoms with Crippen molar-refractivity contribution in [3.05, 3.63) is 65.1 Å². The first-order valence-electron chi connectivity index (χ1n) is 10.3. The van der Waals surface area contributed by atoms with E-state index in [0.29, 0.717) is 34.5 Å². The number of carbonyl (C=O) groups is 1. The highest BCUT2D eigenvalue weighted by atomic mass is 35.5. The van der Waals surface area contributed by atoms with Gasteiger partial charge in [0.1, 0.15) is 23.2 Å². The van der Waals surface area contributed by atoms with E-state index >= 15 is 0 Å². The third-order valence-electron chi connectivity index (χ3n) is 5.91. The second-order valence-electron chi connectivity index (χ2n) is 8.10. The summed E-state index contributed by atoms with van der Waals surface area (Å²) in [7, 11) is 1.58. The van der Waals surface area contributed by atoms with Crippen molar-refractivity contribution in [2.75, 3.05) is 19.0 Å². The zero-order valence-corrected chi connectivity index (χ0v) is 18.6. The normalized spacial score (nSPS) is 24.1. The van der Waals surface area contributed by atoms with Crippen LogP contribution in [-0.4, -0.2) is 34.6 Å². The third-order valence-corrected chi connectivity index (χ3v) is 6.14. The number of aromatic nitrogens is 3. The maximum absolute atomic E-state index is 14.1. The van der Waals surface area contributed by atoms with Crippen molar-refractivity contribution in [3.8, 4) is 5.75 Å². The fourth-order valence-electron chi connectivity index (χ4n) is 4.13. The molecule has 1 amide bonds. The van der Waals surface area contributed by atoms with Crippen LogP contribution in [0.25, 0.3) is 0 Å². The second-order valence-corrected chi connectivity index (χ2v) is 8.54. The summed E-state index contributed by atoms with van der Waals surface area (Å²) in [6.45, 7) is 2.29. The number of anilines is 1. The van der Waals surface area contributed by atoms with Crippen LogP contribution in [0.1, 0.15) is 24.4 Å². The van der Waals surface area contributed by atoms with Crippen molar-refractivity contribution in [2.24, 2.45) is 17.3 Å². The zero-order chi connectivity index (χ0) is 22.7. The number of aryl methyl sites for hydroxylation is 1. The van der Waals surface area contributed by atoms with Crippen LogP contribution in [0.3, 0.4) is 0 Å². The molecule has 2 aliphatic rings. The lowest BCUT2D eigenvalue weighted by Crippen LogP contribution is -2.30. The molecule has 0 aromatic carbocycles. The molecule has 1 N–H and O–H groups in total. The van der Waals surface area contributed by atoms with Crippen molar-refractivity contribution in [1.29, 1.82) is 0 Å². The first-order chi connectivity index (χ1) is 15.4. The monoisotopic (exact) mass is 458 g/mol. The number of pyridine rings is 1. The van der Waals surface area contributed by atoms with Gasteiger partial charge in [0.05, 0.1) is 24.4 Å². The molecule has 1 saturated carbocycles. The summed E-state index contributed by atoms with van der Waals surface area (Å²) in [6, 6.07) is 3.30. The molecule has 3 atom stereocenters.